The molecule has 0 aliphatic heterocycles. The Hall–Kier alpha value is -0.860. The van der Waals surface area contributed by atoms with Crippen LogP contribution in [-0.4, -0.2) is 31.0 Å². The van der Waals surface area contributed by atoms with E-state index < -0.39 is 11.9 Å². The van der Waals surface area contributed by atoms with E-state index in [1.165, 1.54) is 0 Å². The van der Waals surface area contributed by atoms with Gasteiger partial charge in [-0.25, -0.2) is 4.98 Å². The Morgan fingerprint density at radius 1 is 1.40 bits per heavy atom. The lowest BCUT2D eigenvalue weighted by Crippen LogP contribution is -2.26. The molecule has 1 aromatic rings. The van der Waals surface area contributed by atoms with E-state index in [1.807, 2.05) is 0 Å². The minimum Gasteiger partial charge on any atom is -0.356 e. The fourth-order valence-corrected chi connectivity index (χ4v) is 2.18. The lowest BCUT2D eigenvalue weighted by Gasteiger charge is -2.03. The van der Waals surface area contributed by atoms with E-state index in [1.54, 1.807) is 7.05 Å². The Kier molecular flexibility index (Phi) is 8.75. The van der Waals surface area contributed by atoms with Crippen molar-refractivity contribution in [3.8, 4) is 0 Å². The van der Waals surface area contributed by atoms with Crippen LogP contribution in [0.1, 0.15) is 23.5 Å². The van der Waals surface area contributed by atoms with Crippen LogP contribution in [0, 0.1) is 0 Å². The number of amides is 1. The van der Waals surface area contributed by atoms with Gasteiger partial charge in [0.15, 0.2) is 5.69 Å². The van der Waals surface area contributed by atoms with Gasteiger partial charge in [0.25, 0.3) is 0 Å². The van der Waals surface area contributed by atoms with Crippen molar-refractivity contribution in [2.75, 3.05) is 20.1 Å². The molecule has 0 saturated carbocycles. The number of nitrogens with zero attached hydrogens (tertiary/aromatic N) is 1. The number of thiazole rings is 1. The molecular formula is C11H17ClF3N3OS. The highest BCUT2D eigenvalue weighted by Crippen LogP contribution is 2.29. The highest BCUT2D eigenvalue weighted by atomic mass is 35.5. The molecule has 0 spiro atoms. The van der Waals surface area contributed by atoms with Gasteiger partial charge in [-0.3, -0.25) is 4.79 Å². The number of carbonyl (C=O) groups excluding carboxylic acids is 1. The summed E-state index contributed by atoms with van der Waals surface area (Å²) >= 11 is 0.957. The molecule has 0 atom stereocenters. The van der Waals surface area contributed by atoms with Gasteiger partial charge in [-0.1, -0.05) is 0 Å². The first-order chi connectivity index (χ1) is 8.93. The molecule has 9 heteroatoms. The summed E-state index contributed by atoms with van der Waals surface area (Å²) in [4.78, 5) is 14.8. The molecule has 1 heterocycles. The third-order valence-electron chi connectivity index (χ3n) is 2.33. The topological polar surface area (TPSA) is 54.0 Å². The molecule has 0 bridgehead atoms. The van der Waals surface area contributed by atoms with Crippen molar-refractivity contribution in [2.24, 2.45) is 0 Å². The molecule has 0 aromatic carbocycles. The average molecular weight is 332 g/mol. The molecule has 1 aromatic heterocycles. The summed E-state index contributed by atoms with van der Waals surface area (Å²) < 4.78 is 36.9. The van der Waals surface area contributed by atoms with Gasteiger partial charge in [0.05, 0.1) is 5.01 Å². The molecule has 0 aliphatic rings. The SMILES string of the molecule is CNCCCC(=O)NCCc1nc(C(F)(F)F)cs1.Cl. The lowest BCUT2D eigenvalue weighted by atomic mass is 10.3. The van der Waals surface area contributed by atoms with Crippen LogP contribution in [0.2, 0.25) is 0 Å². The molecule has 1 rings (SSSR count). The number of hydrogen-bond donors (Lipinski definition) is 2. The number of carbonyl (C=O) groups is 1. The average Bonchev–Trinajstić information content (AvgIpc) is 2.78. The minimum atomic E-state index is -4.40. The fourth-order valence-electron chi connectivity index (χ4n) is 1.38. The second kappa shape index (κ2) is 9.15. The lowest BCUT2D eigenvalue weighted by molar-refractivity contribution is -0.140. The van der Waals surface area contributed by atoms with Crippen molar-refractivity contribution in [2.45, 2.75) is 25.4 Å². The first kappa shape index (κ1) is 19.1. The van der Waals surface area contributed by atoms with E-state index in [4.69, 9.17) is 0 Å². The second-order valence-corrected chi connectivity index (χ2v) is 4.87. The minimum absolute atomic E-state index is 0. The first-order valence-corrected chi connectivity index (χ1v) is 6.74. The van der Waals surface area contributed by atoms with Gasteiger partial charge in [-0.05, 0) is 20.0 Å². The van der Waals surface area contributed by atoms with E-state index in [2.05, 4.69) is 15.6 Å². The predicted octanol–water partition coefficient (Wildman–Crippen LogP) is 2.24. The van der Waals surface area contributed by atoms with Gasteiger partial charge in [0.1, 0.15) is 0 Å². The summed E-state index contributed by atoms with van der Waals surface area (Å²) in [6.07, 6.45) is -2.94. The largest absolute Gasteiger partial charge is 0.434 e. The van der Waals surface area contributed by atoms with E-state index >= 15 is 0 Å². The van der Waals surface area contributed by atoms with Crippen LogP contribution in [0.15, 0.2) is 5.38 Å². The quantitative estimate of drug-likeness (QED) is 0.753. The van der Waals surface area contributed by atoms with E-state index in [-0.39, 0.29) is 18.3 Å². The second-order valence-electron chi connectivity index (χ2n) is 3.93. The Balaban J connectivity index is 0.00000361. The van der Waals surface area contributed by atoms with Gasteiger partial charge in [-0.2, -0.15) is 13.2 Å². The third kappa shape index (κ3) is 7.06. The van der Waals surface area contributed by atoms with Crippen LogP contribution in [0.25, 0.3) is 0 Å². The number of nitrogens with one attached hydrogen (secondary N) is 2. The number of hydrogen-bond acceptors (Lipinski definition) is 4. The smallest absolute Gasteiger partial charge is 0.356 e. The van der Waals surface area contributed by atoms with Crippen molar-refractivity contribution in [3.63, 3.8) is 0 Å². The maximum absolute atomic E-state index is 12.3. The number of rotatable bonds is 7. The summed E-state index contributed by atoms with van der Waals surface area (Å²) in [7, 11) is 1.80. The van der Waals surface area contributed by atoms with Crippen molar-refractivity contribution in [1.29, 1.82) is 0 Å². The van der Waals surface area contributed by atoms with Gasteiger partial charge in [0.2, 0.25) is 5.91 Å². The molecule has 0 fully saturated rings. The highest BCUT2D eigenvalue weighted by molar-refractivity contribution is 7.09. The van der Waals surface area contributed by atoms with Crippen molar-refractivity contribution < 1.29 is 18.0 Å². The first-order valence-electron chi connectivity index (χ1n) is 5.86. The molecule has 0 radical (unpaired) electrons. The van der Waals surface area contributed by atoms with Crippen LogP contribution in [0.3, 0.4) is 0 Å². The zero-order chi connectivity index (χ0) is 14.3. The molecule has 1 amide bonds. The van der Waals surface area contributed by atoms with Crippen molar-refractivity contribution in [1.82, 2.24) is 15.6 Å². The van der Waals surface area contributed by atoms with Gasteiger partial charge in [-0.15, -0.1) is 23.7 Å². The van der Waals surface area contributed by atoms with E-state index in [0.29, 0.717) is 24.4 Å². The van der Waals surface area contributed by atoms with Gasteiger partial charge >= 0.3 is 6.18 Å². The van der Waals surface area contributed by atoms with Crippen LogP contribution < -0.4 is 10.6 Å². The van der Waals surface area contributed by atoms with Crippen LogP contribution >= 0.6 is 23.7 Å². The Bertz CT molecular complexity index is 412. The molecule has 20 heavy (non-hydrogen) atoms. The predicted molar refractivity (Wildman–Crippen MR) is 74.2 cm³/mol. The summed E-state index contributed by atoms with van der Waals surface area (Å²) in [5, 5.41) is 6.95. The molecule has 0 unspecified atom stereocenters. The zero-order valence-electron chi connectivity index (χ0n) is 10.9. The maximum atomic E-state index is 12.3. The highest BCUT2D eigenvalue weighted by Gasteiger charge is 2.33. The molecule has 2 N–H and O–H groups in total. The Labute approximate surface area is 125 Å². The maximum Gasteiger partial charge on any atom is 0.434 e. The van der Waals surface area contributed by atoms with Gasteiger partial charge < -0.3 is 10.6 Å². The number of aromatic nitrogens is 1. The Morgan fingerprint density at radius 3 is 2.65 bits per heavy atom. The van der Waals surface area contributed by atoms with Crippen molar-refractivity contribution >= 4 is 29.7 Å². The zero-order valence-corrected chi connectivity index (χ0v) is 12.6. The standard InChI is InChI=1S/C11H16F3N3OS.ClH/c1-15-5-2-3-9(18)16-6-4-10-17-8(7-19-10)11(12,13)14;/h7,15H,2-6H2,1H3,(H,16,18);1H. The molecule has 116 valence electrons. The summed E-state index contributed by atoms with van der Waals surface area (Å²) in [6, 6.07) is 0. The number of alkyl halides is 3. The summed E-state index contributed by atoms with van der Waals surface area (Å²) in [5.74, 6) is -0.0946. The molecule has 4 nitrogen and oxygen atoms in total. The van der Waals surface area contributed by atoms with Crippen LogP contribution in [0.4, 0.5) is 13.2 Å². The summed E-state index contributed by atoms with van der Waals surface area (Å²) in [6.45, 7) is 1.07. The fraction of sp³-hybridized carbons (Fsp3) is 0.636. The monoisotopic (exact) mass is 331 g/mol. The Morgan fingerprint density at radius 2 is 2.10 bits per heavy atom. The molecule has 0 aliphatic carbocycles. The van der Waals surface area contributed by atoms with E-state index in [0.717, 1.165) is 29.7 Å². The molecule has 0 saturated heterocycles. The molecular weight excluding hydrogens is 315 g/mol. The van der Waals surface area contributed by atoms with Crippen molar-refractivity contribution in [3.05, 3.63) is 16.1 Å². The van der Waals surface area contributed by atoms with E-state index in [9.17, 15) is 18.0 Å². The van der Waals surface area contributed by atoms with Gasteiger partial charge in [0, 0.05) is 24.8 Å². The van der Waals surface area contributed by atoms with Crippen LogP contribution in [0.5, 0.6) is 0 Å². The third-order valence-corrected chi connectivity index (χ3v) is 3.24. The van der Waals surface area contributed by atoms with Crippen LogP contribution in [-0.2, 0) is 17.4 Å². The summed E-state index contributed by atoms with van der Waals surface area (Å²) in [5.41, 5.74) is -0.868. The normalized spacial score (nSPS) is 11.0. The number of halogens is 4.